The van der Waals surface area contributed by atoms with Crippen molar-refractivity contribution in [2.75, 3.05) is 0 Å². The lowest BCUT2D eigenvalue weighted by Crippen LogP contribution is -2.38. The quantitative estimate of drug-likeness (QED) is 0.472. The first-order valence-electron chi connectivity index (χ1n) is 10.2. The highest BCUT2D eigenvalue weighted by molar-refractivity contribution is 5.97. The second-order valence-electron chi connectivity index (χ2n) is 7.68. The lowest BCUT2D eigenvalue weighted by Gasteiger charge is -2.21. The van der Waals surface area contributed by atoms with E-state index in [-0.39, 0.29) is 17.5 Å². The number of hydrogen-bond donors (Lipinski definition) is 3. The van der Waals surface area contributed by atoms with Crippen molar-refractivity contribution >= 4 is 17.8 Å². The van der Waals surface area contributed by atoms with E-state index in [2.05, 4.69) is 10.3 Å². The Morgan fingerprint density at radius 1 is 0.906 bits per heavy atom. The summed E-state index contributed by atoms with van der Waals surface area (Å²) in [4.78, 5) is 39.1. The number of nitrogens with one attached hydrogen (secondary N) is 1. The first-order chi connectivity index (χ1) is 15.3. The Labute approximate surface area is 185 Å². The Morgan fingerprint density at radius 3 is 2.16 bits per heavy atom. The number of aromatic nitrogens is 1. The highest BCUT2D eigenvalue weighted by Gasteiger charge is 2.22. The maximum Gasteiger partial charge on any atom is 0.337 e. The number of hydrogen-bond acceptors (Lipinski definition) is 4. The molecule has 7 nitrogen and oxygen atoms in total. The number of carbonyl (C=O) groups excluding carboxylic acids is 1. The Hall–Kier alpha value is -4.00. The predicted octanol–water partition coefficient (Wildman–Crippen LogP) is 3.90. The zero-order chi connectivity index (χ0) is 23.1. The van der Waals surface area contributed by atoms with Gasteiger partial charge in [-0.2, -0.15) is 0 Å². The minimum Gasteiger partial charge on any atom is -0.481 e. The highest BCUT2D eigenvalue weighted by Crippen LogP contribution is 2.21. The van der Waals surface area contributed by atoms with Gasteiger partial charge in [0.2, 0.25) is 0 Å². The lowest BCUT2D eigenvalue weighted by atomic mass is 9.94. The van der Waals surface area contributed by atoms with Crippen LogP contribution in [0.2, 0.25) is 0 Å². The van der Waals surface area contributed by atoms with Crippen LogP contribution < -0.4 is 5.32 Å². The fraction of sp³-hybridized carbons (Fsp3) is 0.200. The van der Waals surface area contributed by atoms with Crippen LogP contribution in [-0.4, -0.2) is 39.1 Å². The van der Waals surface area contributed by atoms with Crippen LogP contribution in [0.3, 0.4) is 0 Å². The second kappa shape index (κ2) is 10.3. The van der Waals surface area contributed by atoms with E-state index in [1.807, 2.05) is 54.6 Å². The molecular weight excluding hydrogens is 408 g/mol. The first-order valence-corrected chi connectivity index (χ1v) is 10.2. The van der Waals surface area contributed by atoms with Gasteiger partial charge in [0.25, 0.3) is 5.91 Å². The van der Waals surface area contributed by atoms with Gasteiger partial charge in [-0.05, 0) is 35.6 Å². The van der Waals surface area contributed by atoms with Crippen molar-refractivity contribution in [1.29, 1.82) is 0 Å². The van der Waals surface area contributed by atoms with E-state index in [4.69, 9.17) is 5.11 Å². The van der Waals surface area contributed by atoms with Gasteiger partial charge in [0.1, 0.15) is 0 Å². The summed E-state index contributed by atoms with van der Waals surface area (Å²) in [6, 6.07) is 18.6. The van der Waals surface area contributed by atoms with Crippen LogP contribution in [0.4, 0.5) is 0 Å². The molecule has 0 radical (unpaired) electrons. The van der Waals surface area contributed by atoms with Crippen LogP contribution in [-0.2, 0) is 11.2 Å². The van der Waals surface area contributed by atoms with E-state index in [1.165, 1.54) is 12.3 Å². The minimum atomic E-state index is -1.18. The standard InChI is InChI=1S/C25H24N2O5/c1-16(24(29)30)11-22(27-23(28)20-13-21(25(31)32)15-26-14-20)12-17-7-9-19(10-8-17)18-5-3-2-4-6-18/h2-10,13-16,22H,11-12H2,1H3,(H,27,28)(H,29,30)(H,31,32)/t16-,22+/m1/s1. The van der Waals surface area contributed by atoms with Crippen molar-refractivity contribution in [3.8, 4) is 11.1 Å². The number of nitrogens with zero attached hydrogens (tertiary/aromatic N) is 1. The molecule has 2 aromatic carbocycles. The molecule has 7 heteroatoms. The Balaban J connectivity index is 1.77. The van der Waals surface area contributed by atoms with Crippen molar-refractivity contribution in [2.24, 2.45) is 5.92 Å². The maximum atomic E-state index is 12.7. The molecule has 0 spiro atoms. The summed E-state index contributed by atoms with van der Waals surface area (Å²) >= 11 is 0. The maximum absolute atomic E-state index is 12.7. The summed E-state index contributed by atoms with van der Waals surface area (Å²) < 4.78 is 0. The third-order valence-electron chi connectivity index (χ3n) is 5.19. The molecule has 1 aromatic heterocycles. The van der Waals surface area contributed by atoms with Crippen LogP contribution in [0.5, 0.6) is 0 Å². The Kier molecular flexibility index (Phi) is 7.33. The van der Waals surface area contributed by atoms with E-state index in [0.29, 0.717) is 6.42 Å². The fourth-order valence-corrected chi connectivity index (χ4v) is 3.42. The van der Waals surface area contributed by atoms with Gasteiger partial charge in [0, 0.05) is 18.4 Å². The Bertz CT molecular complexity index is 1100. The number of benzene rings is 2. The molecule has 3 N–H and O–H groups in total. The molecule has 164 valence electrons. The number of carboxylic acids is 2. The average molecular weight is 432 g/mol. The largest absolute Gasteiger partial charge is 0.481 e. The van der Waals surface area contributed by atoms with Crippen molar-refractivity contribution in [3.63, 3.8) is 0 Å². The van der Waals surface area contributed by atoms with E-state index < -0.39 is 29.8 Å². The topological polar surface area (TPSA) is 117 Å². The van der Waals surface area contributed by atoms with E-state index >= 15 is 0 Å². The summed E-state index contributed by atoms with van der Waals surface area (Å²) in [5.74, 6) is -3.28. The van der Waals surface area contributed by atoms with Gasteiger partial charge in [-0.25, -0.2) is 4.79 Å². The molecule has 1 amide bonds. The number of pyridine rings is 1. The molecular formula is C25H24N2O5. The van der Waals surface area contributed by atoms with Crippen LogP contribution in [0.1, 0.15) is 39.6 Å². The normalized spacial score (nSPS) is 12.5. The van der Waals surface area contributed by atoms with E-state index in [9.17, 15) is 19.5 Å². The highest BCUT2D eigenvalue weighted by atomic mass is 16.4. The summed E-state index contributed by atoms with van der Waals surface area (Å²) in [5, 5.41) is 21.3. The van der Waals surface area contributed by atoms with Crippen LogP contribution in [0.15, 0.2) is 73.1 Å². The van der Waals surface area contributed by atoms with Gasteiger partial charge in [-0.3, -0.25) is 14.6 Å². The number of aliphatic carboxylic acids is 1. The summed E-state index contributed by atoms with van der Waals surface area (Å²) in [6.07, 6.45) is 3.11. The Morgan fingerprint density at radius 2 is 1.53 bits per heavy atom. The van der Waals surface area contributed by atoms with Crippen molar-refractivity contribution in [2.45, 2.75) is 25.8 Å². The third kappa shape index (κ3) is 6.01. The molecule has 0 aliphatic rings. The zero-order valence-electron chi connectivity index (χ0n) is 17.6. The molecule has 0 saturated carbocycles. The van der Waals surface area contributed by atoms with Gasteiger partial charge in [-0.15, -0.1) is 0 Å². The molecule has 3 aromatic rings. The van der Waals surface area contributed by atoms with Crippen LogP contribution >= 0.6 is 0 Å². The summed E-state index contributed by atoms with van der Waals surface area (Å²) in [5.41, 5.74) is 3.12. The van der Waals surface area contributed by atoms with Crippen molar-refractivity contribution < 1.29 is 24.6 Å². The number of amides is 1. The third-order valence-corrected chi connectivity index (χ3v) is 5.19. The van der Waals surface area contributed by atoms with Gasteiger partial charge in [0.05, 0.1) is 17.0 Å². The summed E-state index contributed by atoms with van der Waals surface area (Å²) in [7, 11) is 0. The smallest absolute Gasteiger partial charge is 0.337 e. The predicted molar refractivity (Wildman–Crippen MR) is 119 cm³/mol. The number of rotatable bonds is 9. The molecule has 2 atom stereocenters. The lowest BCUT2D eigenvalue weighted by molar-refractivity contribution is -0.141. The SMILES string of the molecule is C[C@H](C[C@@H](Cc1ccc(-c2ccccc2)cc1)NC(=O)c1cncc(C(=O)O)c1)C(=O)O. The van der Waals surface area contributed by atoms with Gasteiger partial charge in [-0.1, -0.05) is 61.5 Å². The molecule has 0 fully saturated rings. The van der Waals surface area contributed by atoms with Gasteiger partial charge in [0.15, 0.2) is 0 Å². The molecule has 1 heterocycles. The molecule has 0 unspecified atom stereocenters. The molecule has 0 saturated heterocycles. The summed E-state index contributed by atoms with van der Waals surface area (Å²) in [6.45, 7) is 1.59. The fourth-order valence-electron chi connectivity index (χ4n) is 3.42. The second-order valence-corrected chi connectivity index (χ2v) is 7.68. The van der Waals surface area contributed by atoms with Crippen LogP contribution in [0, 0.1) is 5.92 Å². The zero-order valence-corrected chi connectivity index (χ0v) is 17.6. The molecule has 3 rings (SSSR count). The number of carbonyl (C=O) groups is 3. The molecule has 0 aliphatic carbocycles. The minimum absolute atomic E-state index is 0.0930. The van der Waals surface area contributed by atoms with E-state index in [0.717, 1.165) is 22.9 Å². The van der Waals surface area contributed by atoms with Gasteiger partial charge < -0.3 is 15.5 Å². The number of aromatic carboxylic acids is 1. The van der Waals surface area contributed by atoms with Crippen LogP contribution in [0.25, 0.3) is 11.1 Å². The van der Waals surface area contributed by atoms with Crippen molar-refractivity contribution in [3.05, 3.63) is 89.7 Å². The average Bonchev–Trinajstić information content (AvgIpc) is 2.80. The molecule has 32 heavy (non-hydrogen) atoms. The van der Waals surface area contributed by atoms with Crippen molar-refractivity contribution in [1.82, 2.24) is 10.3 Å². The van der Waals surface area contributed by atoms with Gasteiger partial charge >= 0.3 is 11.9 Å². The monoisotopic (exact) mass is 432 g/mol. The molecule has 0 aliphatic heterocycles. The number of carboxylic acid groups (broad SMARTS) is 2. The first kappa shape index (κ1) is 22.7. The van der Waals surface area contributed by atoms with E-state index in [1.54, 1.807) is 6.92 Å². The molecule has 0 bridgehead atoms.